The Morgan fingerprint density at radius 1 is 1.40 bits per heavy atom. The molecule has 0 bridgehead atoms. The van der Waals surface area contributed by atoms with Gasteiger partial charge >= 0.3 is 0 Å². The van der Waals surface area contributed by atoms with Crippen molar-refractivity contribution in [1.82, 2.24) is 0 Å². The molecule has 0 aromatic heterocycles. The summed E-state index contributed by atoms with van der Waals surface area (Å²) in [6.07, 6.45) is 5.59. The second kappa shape index (κ2) is 6.08. The first kappa shape index (κ1) is 12.5. The number of nitrogens with two attached hydrogens (primary N) is 2. The minimum absolute atomic E-state index is 0.00458. The summed E-state index contributed by atoms with van der Waals surface area (Å²) in [6.45, 7) is 1.90. The van der Waals surface area contributed by atoms with E-state index in [0.717, 1.165) is 25.7 Å². The molecule has 4 heteroatoms. The molecule has 1 rings (SSSR count). The molecule has 4 N–H and O–H groups in total. The molecule has 88 valence electrons. The molecule has 1 amide bonds. The quantitative estimate of drug-likeness (QED) is 0.683. The van der Waals surface area contributed by atoms with Gasteiger partial charge in [-0.05, 0) is 19.3 Å². The van der Waals surface area contributed by atoms with Crippen molar-refractivity contribution in [1.29, 1.82) is 0 Å². The molecule has 0 heterocycles. The number of carbonyl (C=O) groups is 1. The van der Waals surface area contributed by atoms with Crippen LogP contribution in [0.15, 0.2) is 0 Å². The third kappa shape index (κ3) is 3.80. The zero-order valence-corrected chi connectivity index (χ0v) is 9.45. The third-order valence-electron chi connectivity index (χ3n) is 3.03. The van der Waals surface area contributed by atoms with Crippen molar-refractivity contribution in [3.8, 4) is 0 Å². The van der Waals surface area contributed by atoms with Gasteiger partial charge < -0.3 is 16.2 Å². The maximum Gasteiger partial charge on any atom is 0.246 e. The Morgan fingerprint density at radius 3 is 2.67 bits per heavy atom. The number of hydrogen-bond acceptors (Lipinski definition) is 3. The summed E-state index contributed by atoms with van der Waals surface area (Å²) in [5.41, 5.74) is 11.2. The number of amides is 1. The minimum Gasteiger partial charge on any atom is -0.367 e. The Balaban J connectivity index is 2.49. The van der Waals surface area contributed by atoms with E-state index in [2.05, 4.69) is 0 Å². The molecular formula is C11H22N2O2. The van der Waals surface area contributed by atoms with E-state index in [-0.39, 0.29) is 18.1 Å². The maximum atomic E-state index is 11.1. The summed E-state index contributed by atoms with van der Waals surface area (Å²) >= 11 is 0. The van der Waals surface area contributed by atoms with Crippen LogP contribution >= 0.6 is 0 Å². The molecule has 1 saturated carbocycles. The van der Waals surface area contributed by atoms with E-state index < -0.39 is 6.10 Å². The molecule has 0 spiro atoms. The van der Waals surface area contributed by atoms with Gasteiger partial charge in [-0.2, -0.15) is 0 Å². The Labute approximate surface area is 91.3 Å². The Hall–Kier alpha value is -0.610. The van der Waals surface area contributed by atoms with Crippen molar-refractivity contribution in [2.75, 3.05) is 0 Å². The first-order valence-corrected chi connectivity index (χ1v) is 5.85. The van der Waals surface area contributed by atoms with Gasteiger partial charge in [-0.3, -0.25) is 4.79 Å². The zero-order chi connectivity index (χ0) is 11.3. The van der Waals surface area contributed by atoms with Crippen LogP contribution in [-0.4, -0.2) is 24.2 Å². The number of carbonyl (C=O) groups excluding carboxylic acids is 1. The van der Waals surface area contributed by atoms with Crippen LogP contribution in [0.25, 0.3) is 0 Å². The molecule has 1 fully saturated rings. The molecule has 0 aliphatic heterocycles. The van der Waals surface area contributed by atoms with Gasteiger partial charge in [0.1, 0.15) is 6.10 Å². The Bertz CT molecular complexity index is 209. The first-order chi connectivity index (χ1) is 7.15. The highest BCUT2D eigenvalue weighted by atomic mass is 16.5. The van der Waals surface area contributed by atoms with Gasteiger partial charge in [0.2, 0.25) is 5.91 Å². The number of primary amides is 1. The topological polar surface area (TPSA) is 78.3 Å². The molecule has 4 nitrogen and oxygen atoms in total. The largest absolute Gasteiger partial charge is 0.367 e. The summed E-state index contributed by atoms with van der Waals surface area (Å²) < 4.78 is 5.69. The van der Waals surface area contributed by atoms with Crippen LogP contribution in [0.1, 0.15) is 45.4 Å². The average molecular weight is 214 g/mol. The molecule has 0 saturated heterocycles. The number of ether oxygens (including phenoxy) is 1. The van der Waals surface area contributed by atoms with E-state index in [1.165, 1.54) is 6.42 Å². The monoisotopic (exact) mass is 214 g/mol. The van der Waals surface area contributed by atoms with Gasteiger partial charge in [-0.25, -0.2) is 0 Å². The predicted octanol–water partition coefficient (Wildman–Crippen LogP) is 0.927. The average Bonchev–Trinajstić information content (AvgIpc) is 2.39. The van der Waals surface area contributed by atoms with Crippen molar-refractivity contribution in [3.05, 3.63) is 0 Å². The lowest BCUT2D eigenvalue weighted by molar-refractivity contribution is -0.134. The van der Waals surface area contributed by atoms with Crippen molar-refractivity contribution in [3.63, 3.8) is 0 Å². The van der Waals surface area contributed by atoms with E-state index in [0.29, 0.717) is 6.42 Å². The molecule has 1 aliphatic rings. The van der Waals surface area contributed by atoms with E-state index >= 15 is 0 Å². The van der Waals surface area contributed by atoms with Crippen LogP contribution in [0.2, 0.25) is 0 Å². The molecule has 0 radical (unpaired) electrons. The standard InChI is InChI=1S/C11H22N2O2/c1-2-9(11(13)14)15-10-7-5-3-4-6-8(10)12/h8-10H,2-7,12H2,1H3,(H2,13,14). The van der Waals surface area contributed by atoms with Crippen molar-refractivity contribution in [2.24, 2.45) is 11.5 Å². The van der Waals surface area contributed by atoms with Crippen molar-refractivity contribution in [2.45, 2.75) is 63.7 Å². The molecule has 3 unspecified atom stereocenters. The van der Waals surface area contributed by atoms with Gasteiger partial charge in [-0.15, -0.1) is 0 Å². The lowest BCUT2D eigenvalue weighted by atomic mass is 10.1. The van der Waals surface area contributed by atoms with Crippen LogP contribution in [0.4, 0.5) is 0 Å². The summed E-state index contributed by atoms with van der Waals surface area (Å²) in [7, 11) is 0. The van der Waals surface area contributed by atoms with Gasteiger partial charge in [0, 0.05) is 6.04 Å². The lowest BCUT2D eigenvalue weighted by Crippen LogP contribution is -2.42. The normalized spacial score (nSPS) is 29.5. The van der Waals surface area contributed by atoms with E-state index in [9.17, 15) is 4.79 Å². The summed E-state index contributed by atoms with van der Waals surface area (Å²) in [6, 6.07) is 0.0564. The fourth-order valence-electron chi connectivity index (χ4n) is 2.05. The van der Waals surface area contributed by atoms with Crippen LogP contribution < -0.4 is 11.5 Å². The van der Waals surface area contributed by atoms with Gasteiger partial charge in [0.25, 0.3) is 0 Å². The predicted molar refractivity (Wildman–Crippen MR) is 59.2 cm³/mol. The van der Waals surface area contributed by atoms with Crippen molar-refractivity contribution >= 4 is 5.91 Å². The van der Waals surface area contributed by atoms with Gasteiger partial charge in [0.15, 0.2) is 0 Å². The molecule has 1 aliphatic carbocycles. The fraction of sp³-hybridized carbons (Fsp3) is 0.909. The van der Waals surface area contributed by atoms with Crippen LogP contribution in [0.5, 0.6) is 0 Å². The second-order valence-electron chi connectivity index (χ2n) is 4.28. The minimum atomic E-state index is -0.473. The number of hydrogen-bond donors (Lipinski definition) is 2. The zero-order valence-electron chi connectivity index (χ0n) is 9.45. The maximum absolute atomic E-state index is 11.1. The SMILES string of the molecule is CCC(OC1CCCCCC1N)C(N)=O. The Kier molecular flexibility index (Phi) is 5.05. The van der Waals surface area contributed by atoms with E-state index in [1.807, 2.05) is 6.92 Å². The fourth-order valence-corrected chi connectivity index (χ4v) is 2.05. The number of rotatable bonds is 4. The van der Waals surface area contributed by atoms with Crippen molar-refractivity contribution < 1.29 is 9.53 Å². The highest BCUT2D eigenvalue weighted by Gasteiger charge is 2.25. The molecule has 0 aromatic rings. The third-order valence-corrected chi connectivity index (χ3v) is 3.03. The van der Waals surface area contributed by atoms with E-state index in [4.69, 9.17) is 16.2 Å². The highest BCUT2D eigenvalue weighted by Crippen LogP contribution is 2.20. The first-order valence-electron chi connectivity index (χ1n) is 5.85. The van der Waals surface area contributed by atoms with Crippen LogP contribution in [-0.2, 0) is 9.53 Å². The summed E-state index contributed by atoms with van der Waals surface area (Å²) in [5, 5.41) is 0. The lowest BCUT2D eigenvalue weighted by Gasteiger charge is -2.25. The van der Waals surface area contributed by atoms with Gasteiger partial charge in [-0.1, -0.05) is 26.2 Å². The smallest absolute Gasteiger partial charge is 0.246 e. The molecule has 0 aromatic carbocycles. The Morgan fingerprint density at radius 2 is 2.07 bits per heavy atom. The molecule has 3 atom stereocenters. The van der Waals surface area contributed by atoms with E-state index in [1.54, 1.807) is 0 Å². The van der Waals surface area contributed by atoms with Crippen LogP contribution in [0.3, 0.4) is 0 Å². The summed E-state index contributed by atoms with van der Waals surface area (Å²) in [4.78, 5) is 11.1. The summed E-state index contributed by atoms with van der Waals surface area (Å²) in [5.74, 6) is -0.381. The second-order valence-corrected chi connectivity index (χ2v) is 4.28. The molecule has 15 heavy (non-hydrogen) atoms. The molecular weight excluding hydrogens is 192 g/mol. The van der Waals surface area contributed by atoms with Crippen LogP contribution in [0, 0.1) is 0 Å². The highest BCUT2D eigenvalue weighted by molar-refractivity contribution is 5.78. The van der Waals surface area contributed by atoms with Gasteiger partial charge in [0.05, 0.1) is 6.10 Å².